The van der Waals surface area contributed by atoms with Crippen molar-refractivity contribution in [3.8, 4) is 0 Å². The first-order valence-electron chi connectivity index (χ1n) is 7.08. The van der Waals surface area contributed by atoms with Gasteiger partial charge in [0.2, 0.25) is 0 Å². The fraction of sp³-hybridized carbons (Fsp3) is 0.600. The summed E-state index contributed by atoms with van der Waals surface area (Å²) < 4.78 is 38.3. The van der Waals surface area contributed by atoms with E-state index in [1.807, 2.05) is 0 Å². The molecule has 0 aromatic heterocycles. The second-order valence-corrected chi connectivity index (χ2v) is 5.70. The van der Waals surface area contributed by atoms with Crippen molar-refractivity contribution in [3.05, 3.63) is 23.8 Å². The summed E-state index contributed by atoms with van der Waals surface area (Å²) in [5, 5.41) is 3.13. The van der Waals surface area contributed by atoms with E-state index in [2.05, 4.69) is 12.2 Å². The first-order valence-corrected chi connectivity index (χ1v) is 7.08. The van der Waals surface area contributed by atoms with Gasteiger partial charge in [-0.2, -0.15) is 13.2 Å². The van der Waals surface area contributed by atoms with Crippen molar-refractivity contribution < 1.29 is 13.2 Å². The highest BCUT2D eigenvalue weighted by Gasteiger charge is 2.33. The zero-order valence-electron chi connectivity index (χ0n) is 11.6. The Labute approximate surface area is 117 Å². The number of rotatable bonds is 3. The van der Waals surface area contributed by atoms with Crippen LogP contribution >= 0.6 is 0 Å². The summed E-state index contributed by atoms with van der Waals surface area (Å²) in [5.74, 6) is 1.17. The lowest BCUT2D eigenvalue weighted by Gasteiger charge is -2.29. The molecule has 0 aliphatic heterocycles. The van der Waals surface area contributed by atoms with E-state index in [1.165, 1.54) is 25.3 Å². The summed E-state index contributed by atoms with van der Waals surface area (Å²) in [4.78, 5) is 0. The zero-order chi connectivity index (χ0) is 14.8. The topological polar surface area (TPSA) is 38.0 Å². The fourth-order valence-corrected chi connectivity index (χ4v) is 2.86. The maximum Gasteiger partial charge on any atom is 0.418 e. The average Bonchev–Trinajstić information content (AvgIpc) is 2.38. The summed E-state index contributed by atoms with van der Waals surface area (Å²) in [6, 6.07) is 4.02. The second-order valence-electron chi connectivity index (χ2n) is 5.70. The SMILES string of the molecule is CC1CCCCC1CNc1ccc(N)c(C(F)(F)F)c1. The molecule has 1 aromatic rings. The highest BCUT2D eigenvalue weighted by atomic mass is 19.4. The number of benzene rings is 1. The second kappa shape index (κ2) is 5.94. The summed E-state index contributed by atoms with van der Waals surface area (Å²) in [7, 11) is 0. The van der Waals surface area contributed by atoms with Crippen LogP contribution in [0.2, 0.25) is 0 Å². The van der Waals surface area contributed by atoms with Gasteiger partial charge in [-0.1, -0.05) is 26.2 Å². The normalized spacial score (nSPS) is 23.6. The third-order valence-corrected chi connectivity index (χ3v) is 4.22. The van der Waals surface area contributed by atoms with Gasteiger partial charge in [-0.25, -0.2) is 0 Å². The van der Waals surface area contributed by atoms with Gasteiger partial charge in [-0.15, -0.1) is 0 Å². The molecule has 5 heteroatoms. The molecule has 3 N–H and O–H groups in total. The molecular formula is C15H21F3N2. The molecule has 1 saturated carbocycles. The minimum absolute atomic E-state index is 0.228. The van der Waals surface area contributed by atoms with Crippen LogP contribution < -0.4 is 11.1 Å². The number of halogens is 3. The minimum atomic E-state index is -4.40. The predicted octanol–water partition coefficient (Wildman–Crippen LogP) is 4.53. The van der Waals surface area contributed by atoms with Crippen LogP contribution in [-0.4, -0.2) is 6.54 Å². The van der Waals surface area contributed by atoms with Crippen LogP contribution in [-0.2, 0) is 6.18 Å². The molecular weight excluding hydrogens is 265 g/mol. The smallest absolute Gasteiger partial charge is 0.398 e. The van der Waals surface area contributed by atoms with Crippen LogP contribution in [0.25, 0.3) is 0 Å². The molecule has 2 atom stereocenters. The number of nitrogens with one attached hydrogen (secondary N) is 1. The first-order chi connectivity index (χ1) is 9.38. The van der Waals surface area contributed by atoms with Gasteiger partial charge < -0.3 is 11.1 Å². The van der Waals surface area contributed by atoms with Crippen molar-refractivity contribution in [1.82, 2.24) is 0 Å². The van der Waals surface area contributed by atoms with Gasteiger partial charge >= 0.3 is 6.18 Å². The van der Waals surface area contributed by atoms with E-state index >= 15 is 0 Å². The van der Waals surface area contributed by atoms with Crippen molar-refractivity contribution in [2.45, 2.75) is 38.8 Å². The van der Waals surface area contributed by atoms with Gasteiger partial charge in [-0.05, 0) is 36.5 Å². The number of nitrogen functional groups attached to an aromatic ring is 1. The lowest BCUT2D eigenvalue weighted by molar-refractivity contribution is -0.136. The molecule has 1 fully saturated rings. The Morgan fingerprint density at radius 1 is 1.25 bits per heavy atom. The number of hydrogen-bond acceptors (Lipinski definition) is 2. The molecule has 0 spiro atoms. The standard InChI is InChI=1S/C15H21F3N2/c1-10-4-2-3-5-11(10)9-20-12-6-7-14(19)13(8-12)15(16,17)18/h6-8,10-11,20H,2-5,9,19H2,1H3. The van der Waals surface area contributed by atoms with Gasteiger partial charge in [0.15, 0.2) is 0 Å². The Bertz CT molecular complexity index is 457. The van der Waals surface area contributed by atoms with Crippen molar-refractivity contribution in [2.24, 2.45) is 11.8 Å². The summed E-state index contributed by atoms with van der Waals surface area (Å²) in [6.45, 7) is 2.94. The molecule has 1 aromatic carbocycles. The quantitative estimate of drug-likeness (QED) is 0.801. The molecule has 20 heavy (non-hydrogen) atoms. The van der Waals surface area contributed by atoms with E-state index < -0.39 is 11.7 Å². The van der Waals surface area contributed by atoms with E-state index in [1.54, 1.807) is 6.07 Å². The lowest BCUT2D eigenvalue weighted by atomic mass is 9.80. The third kappa shape index (κ3) is 3.58. The number of alkyl halides is 3. The fourth-order valence-electron chi connectivity index (χ4n) is 2.86. The van der Waals surface area contributed by atoms with Gasteiger partial charge in [0.1, 0.15) is 0 Å². The van der Waals surface area contributed by atoms with Gasteiger partial charge in [0.25, 0.3) is 0 Å². The molecule has 0 radical (unpaired) electrons. The highest BCUT2D eigenvalue weighted by molar-refractivity contribution is 5.58. The van der Waals surface area contributed by atoms with Gasteiger partial charge in [0, 0.05) is 17.9 Å². The van der Waals surface area contributed by atoms with Crippen LogP contribution in [0, 0.1) is 11.8 Å². The molecule has 2 rings (SSSR count). The summed E-state index contributed by atoms with van der Waals surface area (Å²) >= 11 is 0. The maximum absolute atomic E-state index is 12.8. The summed E-state index contributed by atoms with van der Waals surface area (Å²) in [5.41, 5.74) is 4.89. The maximum atomic E-state index is 12.8. The summed E-state index contributed by atoms with van der Waals surface area (Å²) in [6.07, 6.45) is 0.432. The molecule has 1 aliphatic rings. The molecule has 2 nitrogen and oxygen atoms in total. The molecule has 112 valence electrons. The van der Waals surface area contributed by atoms with E-state index in [0.29, 0.717) is 17.5 Å². The number of anilines is 2. The van der Waals surface area contributed by atoms with Crippen molar-refractivity contribution >= 4 is 11.4 Å². The largest absolute Gasteiger partial charge is 0.418 e. The Balaban J connectivity index is 2.03. The molecule has 0 heterocycles. The highest BCUT2D eigenvalue weighted by Crippen LogP contribution is 2.35. The zero-order valence-corrected chi connectivity index (χ0v) is 11.6. The van der Waals surface area contributed by atoms with Crippen molar-refractivity contribution in [1.29, 1.82) is 0 Å². The van der Waals surface area contributed by atoms with E-state index in [-0.39, 0.29) is 5.69 Å². The molecule has 0 bridgehead atoms. The van der Waals surface area contributed by atoms with Crippen LogP contribution in [0.3, 0.4) is 0 Å². The van der Waals surface area contributed by atoms with E-state index in [4.69, 9.17) is 5.73 Å². The Hall–Kier alpha value is -1.39. The van der Waals surface area contributed by atoms with Crippen LogP contribution in [0.4, 0.5) is 24.5 Å². The molecule has 0 saturated heterocycles. The van der Waals surface area contributed by atoms with Gasteiger partial charge in [-0.3, -0.25) is 0 Å². The first kappa shape index (κ1) is 15.0. The van der Waals surface area contributed by atoms with Crippen LogP contribution in [0.1, 0.15) is 38.2 Å². The van der Waals surface area contributed by atoms with E-state index in [0.717, 1.165) is 19.0 Å². The van der Waals surface area contributed by atoms with Gasteiger partial charge in [0.05, 0.1) is 5.56 Å². The van der Waals surface area contributed by atoms with Crippen LogP contribution in [0.15, 0.2) is 18.2 Å². The van der Waals surface area contributed by atoms with Crippen molar-refractivity contribution in [2.75, 3.05) is 17.6 Å². The predicted molar refractivity (Wildman–Crippen MR) is 75.5 cm³/mol. The monoisotopic (exact) mass is 286 g/mol. The van der Waals surface area contributed by atoms with Crippen LogP contribution in [0.5, 0.6) is 0 Å². The minimum Gasteiger partial charge on any atom is -0.398 e. The molecule has 1 aliphatic carbocycles. The Morgan fingerprint density at radius 2 is 1.95 bits per heavy atom. The Kier molecular flexibility index (Phi) is 4.45. The average molecular weight is 286 g/mol. The number of hydrogen-bond donors (Lipinski definition) is 2. The third-order valence-electron chi connectivity index (χ3n) is 4.22. The molecule has 0 amide bonds. The van der Waals surface area contributed by atoms with E-state index in [9.17, 15) is 13.2 Å². The lowest BCUT2D eigenvalue weighted by Crippen LogP contribution is -2.24. The molecule has 2 unspecified atom stereocenters. The number of nitrogens with two attached hydrogens (primary N) is 1. The van der Waals surface area contributed by atoms with Crippen molar-refractivity contribution in [3.63, 3.8) is 0 Å². The Morgan fingerprint density at radius 3 is 2.60 bits per heavy atom.